The fourth-order valence-corrected chi connectivity index (χ4v) is 10.8. The lowest BCUT2D eigenvalue weighted by Crippen LogP contribution is -2.25. The SMILES string of the molecule is c1ccc(-c2cc3c4c(c(-c5ccc6c(c5)C5(c7ccccc7-c7ccccc75)c5ccccc5-6)nc3c3ccccc23)C2CCC4C2)cc1. The van der Waals surface area contributed by atoms with Gasteiger partial charge < -0.3 is 0 Å². The van der Waals surface area contributed by atoms with Crippen LogP contribution in [0.4, 0.5) is 0 Å². The molecule has 12 rings (SSSR count). The second-order valence-corrected chi connectivity index (χ2v) is 14.9. The Bertz CT molecular complexity index is 2690. The maximum absolute atomic E-state index is 5.78. The van der Waals surface area contributed by atoms with Crippen molar-refractivity contribution in [1.29, 1.82) is 0 Å². The molecule has 1 heteroatoms. The number of nitrogens with zero attached hydrogens (tertiary/aromatic N) is 1. The number of pyridine rings is 1. The molecule has 0 aliphatic heterocycles. The van der Waals surface area contributed by atoms with Crippen LogP contribution in [-0.4, -0.2) is 4.98 Å². The topological polar surface area (TPSA) is 12.9 Å². The van der Waals surface area contributed by atoms with Crippen LogP contribution in [0, 0.1) is 0 Å². The highest BCUT2D eigenvalue weighted by molar-refractivity contribution is 6.14. The van der Waals surface area contributed by atoms with Crippen molar-refractivity contribution in [2.75, 3.05) is 0 Å². The summed E-state index contributed by atoms with van der Waals surface area (Å²) in [5.41, 5.74) is 19.8. The summed E-state index contributed by atoms with van der Waals surface area (Å²) in [6.07, 6.45) is 3.79. The molecule has 2 atom stereocenters. The van der Waals surface area contributed by atoms with E-state index in [9.17, 15) is 0 Å². The van der Waals surface area contributed by atoms with Crippen molar-refractivity contribution < 1.29 is 0 Å². The third-order valence-electron chi connectivity index (χ3n) is 12.7. The van der Waals surface area contributed by atoms with Crippen molar-refractivity contribution in [3.63, 3.8) is 0 Å². The normalized spacial score (nSPS) is 18.3. The Hall–Kier alpha value is -5.79. The van der Waals surface area contributed by atoms with Crippen LogP contribution in [-0.2, 0) is 5.41 Å². The highest BCUT2D eigenvalue weighted by Crippen LogP contribution is 2.64. The van der Waals surface area contributed by atoms with Crippen molar-refractivity contribution in [3.05, 3.63) is 185 Å². The van der Waals surface area contributed by atoms with Gasteiger partial charge in [0.1, 0.15) is 0 Å². The van der Waals surface area contributed by atoms with Gasteiger partial charge in [-0.25, -0.2) is 4.98 Å². The molecule has 1 aromatic heterocycles. The highest BCUT2D eigenvalue weighted by atomic mass is 14.7. The van der Waals surface area contributed by atoms with Gasteiger partial charge in [0, 0.05) is 16.3 Å². The Morgan fingerprint density at radius 1 is 0.420 bits per heavy atom. The molecule has 1 saturated carbocycles. The summed E-state index contributed by atoms with van der Waals surface area (Å²) in [6, 6.07) is 57.0. The Balaban J connectivity index is 1.17. The maximum atomic E-state index is 5.78. The molecule has 0 N–H and O–H groups in total. The van der Waals surface area contributed by atoms with Crippen molar-refractivity contribution in [3.8, 4) is 44.6 Å². The van der Waals surface area contributed by atoms with Gasteiger partial charge in [0.05, 0.1) is 16.6 Å². The van der Waals surface area contributed by atoms with Gasteiger partial charge in [-0.2, -0.15) is 0 Å². The van der Waals surface area contributed by atoms with Gasteiger partial charge in [0.25, 0.3) is 0 Å². The zero-order chi connectivity index (χ0) is 32.6. The number of benzene rings is 7. The summed E-state index contributed by atoms with van der Waals surface area (Å²) in [6.45, 7) is 0. The van der Waals surface area contributed by atoms with Crippen LogP contribution in [0.5, 0.6) is 0 Å². The summed E-state index contributed by atoms with van der Waals surface area (Å²) in [5.74, 6) is 1.17. The van der Waals surface area contributed by atoms with Crippen molar-refractivity contribution in [2.24, 2.45) is 0 Å². The molecular weight excluding hydrogens is 603 g/mol. The van der Waals surface area contributed by atoms with E-state index >= 15 is 0 Å². The maximum Gasteiger partial charge on any atom is 0.0791 e. The summed E-state index contributed by atoms with van der Waals surface area (Å²) in [7, 11) is 0. The summed E-state index contributed by atoms with van der Waals surface area (Å²) in [5, 5.41) is 3.88. The average Bonchev–Trinajstić information content (AvgIpc) is 3.95. The van der Waals surface area contributed by atoms with Crippen LogP contribution >= 0.6 is 0 Å². The van der Waals surface area contributed by atoms with Crippen molar-refractivity contribution in [2.45, 2.75) is 36.5 Å². The first-order valence-corrected chi connectivity index (χ1v) is 18.2. The molecule has 0 amide bonds. The lowest BCUT2D eigenvalue weighted by atomic mass is 9.70. The van der Waals surface area contributed by atoms with Crippen LogP contribution < -0.4 is 0 Å². The molecule has 0 saturated heterocycles. The standard InChI is InChI=1S/C49H33N/c1-2-12-29(13-3-1)39-28-40-45-30-22-23-31(26-30)46(45)47(50-48(40)38-18-5-4-14-33(38)39)32-24-25-37-36-17-8-11-21-43(36)49(44(37)27-32)41-19-9-6-15-34(41)35-16-7-10-20-42(35)49/h1-21,24-25,27-28,30-31H,22-23,26H2. The fourth-order valence-electron chi connectivity index (χ4n) is 10.8. The van der Waals surface area contributed by atoms with Crippen LogP contribution in [0.1, 0.15) is 64.5 Å². The molecule has 0 radical (unpaired) electrons. The third-order valence-corrected chi connectivity index (χ3v) is 12.7. The predicted molar refractivity (Wildman–Crippen MR) is 206 cm³/mol. The number of hydrogen-bond donors (Lipinski definition) is 0. The molecule has 2 bridgehead atoms. The van der Waals surface area contributed by atoms with E-state index in [1.165, 1.54) is 108 Å². The second-order valence-electron chi connectivity index (χ2n) is 14.9. The van der Waals surface area contributed by atoms with Crippen LogP contribution in [0.3, 0.4) is 0 Å². The van der Waals surface area contributed by atoms with Crippen molar-refractivity contribution >= 4 is 21.7 Å². The molecule has 234 valence electrons. The van der Waals surface area contributed by atoms with Gasteiger partial charge in [0.2, 0.25) is 0 Å². The molecule has 8 aromatic rings. The molecule has 1 fully saturated rings. The minimum Gasteiger partial charge on any atom is -0.247 e. The largest absolute Gasteiger partial charge is 0.247 e. The lowest BCUT2D eigenvalue weighted by Gasteiger charge is -2.31. The zero-order valence-electron chi connectivity index (χ0n) is 27.7. The predicted octanol–water partition coefficient (Wildman–Crippen LogP) is 12.4. The Kier molecular flexibility index (Phi) is 5.24. The molecule has 7 aromatic carbocycles. The summed E-state index contributed by atoms with van der Waals surface area (Å²) in [4.78, 5) is 5.78. The van der Waals surface area contributed by atoms with Crippen LogP contribution in [0.2, 0.25) is 0 Å². The molecule has 1 spiro atoms. The third kappa shape index (κ3) is 3.26. The molecule has 50 heavy (non-hydrogen) atoms. The minimum absolute atomic E-state index is 0.356. The fraction of sp³-hybridized carbons (Fsp3) is 0.122. The summed E-state index contributed by atoms with van der Waals surface area (Å²) >= 11 is 0. The van der Waals surface area contributed by atoms with E-state index in [1.54, 1.807) is 5.56 Å². The van der Waals surface area contributed by atoms with Gasteiger partial charge in [-0.3, -0.25) is 0 Å². The van der Waals surface area contributed by atoms with Gasteiger partial charge in [-0.05, 0) is 115 Å². The molecule has 4 aliphatic carbocycles. The molecule has 1 heterocycles. The molecule has 2 unspecified atom stereocenters. The first-order valence-electron chi connectivity index (χ1n) is 18.2. The van der Waals surface area contributed by atoms with E-state index in [0.717, 1.165) is 5.52 Å². The van der Waals surface area contributed by atoms with Gasteiger partial charge >= 0.3 is 0 Å². The van der Waals surface area contributed by atoms with E-state index in [-0.39, 0.29) is 5.41 Å². The zero-order valence-corrected chi connectivity index (χ0v) is 27.7. The van der Waals surface area contributed by atoms with Crippen molar-refractivity contribution in [1.82, 2.24) is 4.98 Å². The van der Waals surface area contributed by atoms with Crippen LogP contribution in [0.15, 0.2) is 152 Å². The molecule has 4 aliphatic rings. The van der Waals surface area contributed by atoms with E-state index in [2.05, 4.69) is 152 Å². The number of rotatable bonds is 2. The van der Waals surface area contributed by atoms with Gasteiger partial charge in [-0.1, -0.05) is 140 Å². The van der Waals surface area contributed by atoms with E-state index in [1.807, 2.05) is 0 Å². The monoisotopic (exact) mass is 635 g/mol. The number of fused-ring (bicyclic) bond motifs is 19. The number of aromatic nitrogens is 1. The van der Waals surface area contributed by atoms with E-state index in [0.29, 0.717) is 11.8 Å². The first-order chi connectivity index (χ1) is 24.8. The molecule has 1 nitrogen and oxygen atoms in total. The van der Waals surface area contributed by atoms with Gasteiger partial charge in [-0.15, -0.1) is 0 Å². The number of hydrogen-bond acceptors (Lipinski definition) is 1. The second kappa shape index (κ2) is 9.67. The average molecular weight is 636 g/mol. The first kappa shape index (κ1) is 27.1. The van der Waals surface area contributed by atoms with Crippen LogP contribution in [0.25, 0.3) is 66.3 Å². The molecular formula is C49H33N. The quantitative estimate of drug-likeness (QED) is 0.172. The van der Waals surface area contributed by atoms with E-state index in [4.69, 9.17) is 4.98 Å². The highest BCUT2D eigenvalue weighted by Gasteiger charge is 2.51. The smallest absolute Gasteiger partial charge is 0.0791 e. The minimum atomic E-state index is -0.356. The summed E-state index contributed by atoms with van der Waals surface area (Å²) < 4.78 is 0. The van der Waals surface area contributed by atoms with Gasteiger partial charge in [0.15, 0.2) is 0 Å². The Morgan fingerprint density at radius 3 is 1.66 bits per heavy atom. The Morgan fingerprint density at radius 2 is 0.980 bits per heavy atom. The lowest BCUT2D eigenvalue weighted by molar-refractivity contribution is 0.720. The van der Waals surface area contributed by atoms with E-state index < -0.39 is 0 Å². The Labute approximate surface area is 291 Å².